The van der Waals surface area contributed by atoms with Gasteiger partial charge in [0.2, 0.25) is 11.8 Å². The summed E-state index contributed by atoms with van der Waals surface area (Å²) in [6, 6.07) is 5.46. The van der Waals surface area contributed by atoms with E-state index < -0.39 is 60.7 Å². The highest BCUT2D eigenvalue weighted by molar-refractivity contribution is 7.56. The van der Waals surface area contributed by atoms with Gasteiger partial charge in [0.1, 0.15) is 29.1 Å². The van der Waals surface area contributed by atoms with Gasteiger partial charge in [-0.2, -0.15) is 0 Å². The van der Waals surface area contributed by atoms with E-state index in [1.807, 2.05) is 36.4 Å². The molecule has 15 heteroatoms. The molecule has 3 fully saturated rings. The lowest BCUT2D eigenvalue weighted by Crippen LogP contribution is -2.55. The van der Waals surface area contributed by atoms with E-state index in [4.69, 9.17) is 18.5 Å². The number of benzene rings is 1. The molecular formula is C38H58N5O9P. The largest absolute Gasteiger partial charge is 0.444 e. The highest BCUT2D eigenvalue weighted by Crippen LogP contribution is 2.73. The third kappa shape index (κ3) is 10.1. The summed E-state index contributed by atoms with van der Waals surface area (Å²) in [4.78, 5) is 58.8. The molecule has 4 aliphatic rings. The lowest BCUT2D eigenvalue weighted by atomic mass is 10.0. The quantitative estimate of drug-likeness (QED) is 0.182. The summed E-state index contributed by atoms with van der Waals surface area (Å²) in [5.74, 6) is -1.36. The predicted octanol–water partition coefficient (Wildman–Crippen LogP) is 6.71. The van der Waals surface area contributed by atoms with Crippen molar-refractivity contribution in [1.29, 1.82) is 0 Å². The smallest absolute Gasteiger partial charge is 0.412 e. The zero-order chi connectivity index (χ0) is 38.2. The second-order valence-electron chi connectivity index (χ2n) is 15.3. The van der Waals surface area contributed by atoms with E-state index in [1.165, 1.54) is 11.3 Å². The normalized spacial score (nSPS) is 27.6. The molecule has 5 rings (SSSR count). The van der Waals surface area contributed by atoms with Crippen molar-refractivity contribution in [2.24, 2.45) is 5.92 Å². The van der Waals surface area contributed by atoms with Crippen molar-refractivity contribution in [1.82, 2.24) is 15.5 Å². The van der Waals surface area contributed by atoms with Crippen LogP contribution in [0.5, 0.6) is 0 Å². The summed E-state index contributed by atoms with van der Waals surface area (Å²) >= 11 is 0. The van der Waals surface area contributed by atoms with Crippen molar-refractivity contribution in [3.63, 3.8) is 0 Å². The van der Waals surface area contributed by atoms with E-state index in [-0.39, 0.29) is 32.1 Å². The van der Waals surface area contributed by atoms with Gasteiger partial charge in [-0.3, -0.25) is 19.5 Å². The Kier molecular flexibility index (Phi) is 13.5. The van der Waals surface area contributed by atoms with Crippen molar-refractivity contribution >= 4 is 43.0 Å². The molecule has 0 aromatic heterocycles. The van der Waals surface area contributed by atoms with Gasteiger partial charge in [0.15, 0.2) is 0 Å². The minimum absolute atomic E-state index is 0.0118. The molecule has 3 N–H and O–H groups in total. The van der Waals surface area contributed by atoms with Crippen molar-refractivity contribution in [2.45, 2.75) is 128 Å². The summed E-state index contributed by atoms with van der Waals surface area (Å²) in [6.45, 7) is 10.6. The summed E-state index contributed by atoms with van der Waals surface area (Å²) in [5, 5.41) is 7.33. The van der Waals surface area contributed by atoms with Crippen LogP contribution in [-0.2, 0) is 32.7 Å². The zero-order valence-electron chi connectivity index (χ0n) is 31.9. The molecule has 4 amide bonds. The minimum atomic E-state index is -3.86. The van der Waals surface area contributed by atoms with Gasteiger partial charge >= 0.3 is 19.8 Å². The van der Waals surface area contributed by atoms with Crippen molar-refractivity contribution in [3.8, 4) is 0 Å². The average Bonchev–Trinajstić information content (AvgIpc) is 3.65. The molecule has 5 atom stereocenters. The van der Waals surface area contributed by atoms with Crippen LogP contribution < -0.4 is 20.9 Å². The number of hydrogen-bond donors (Lipinski definition) is 3. The maximum Gasteiger partial charge on any atom is 0.412 e. The van der Waals surface area contributed by atoms with Gasteiger partial charge < -0.3 is 39.0 Å². The fourth-order valence-electron chi connectivity index (χ4n) is 7.55. The van der Waals surface area contributed by atoms with E-state index in [9.17, 15) is 23.7 Å². The van der Waals surface area contributed by atoms with Crippen LogP contribution in [0.1, 0.15) is 98.8 Å². The third-order valence-corrected chi connectivity index (χ3v) is 12.9. The van der Waals surface area contributed by atoms with Gasteiger partial charge in [-0.1, -0.05) is 37.1 Å². The monoisotopic (exact) mass is 759 g/mol. The predicted molar refractivity (Wildman–Crippen MR) is 202 cm³/mol. The topological polar surface area (TPSA) is 165 Å². The number of ether oxygens (including phenoxy) is 2. The number of carbonyl (C=O) groups is 4. The highest BCUT2D eigenvalue weighted by atomic mass is 31.2. The van der Waals surface area contributed by atoms with E-state index in [1.54, 1.807) is 34.6 Å². The Labute approximate surface area is 313 Å². The number of hydrogen-bond acceptors (Lipinski definition) is 10. The molecule has 53 heavy (non-hydrogen) atoms. The molecule has 3 heterocycles. The lowest BCUT2D eigenvalue weighted by Gasteiger charge is -2.32. The van der Waals surface area contributed by atoms with Crippen LogP contribution in [0.4, 0.5) is 21.0 Å². The first kappa shape index (κ1) is 40.6. The Balaban J connectivity index is 1.42. The number of piperidine rings is 1. The molecule has 0 spiro atoms. The van der Waals surface area contributed by atoms with Crippen molar-refractivity contribution in [2.75, 3.05) is 43.1 Å². The van der Waals surface area contributed by atoms with Crippen LogP contribution in [0.2, 0.25) is 0 Å². The van der Waals surface area contributed by atoms with Gasteiger partial charge in [-0.05, 0) is 91.7 Å². The first-order chi connectivity index (χ1) is 25.3. The van der Waals surface area contributed by atoms with E-state index in [0.717, 1.165) is 50.9 Å². The van der Waals surface area contributed by atoms with Gasteiger partial charge in [-0.25, -0.2) is 9.59 Å². The number of nitrogens with one attached hydrogen (secondary N) is 3. The van der Waals surface area contributed by atoms with Gasteiger partial charge in [0, 0.05) is 25.4 Å². The number of rotatable bonds is 9. The number of allylic oxidation sites excluding steroid dienone is 1. The van der Waals surface area contributed by atoms with Crippen LogP contribution in [0.3, 0.4) is 0 Å². The number of anilines is 2. The molecular weight excluding hydrogens is 701 g/mol. The Bertz CT molecular complexity index is 1530. The SMILES string of the molecule is CCOP(=O)(OCC)[C@@]12C[C@H]1/C=C\CCCCC[C@H](NC(=O)OC(C)(C)C)C(=O)N1C[C@H](OC(=O)Nc3ccccc3N3CCCCC3)C[C@H]1C(=O)N2. The molecule has 1 saturated carbocycles. The van der Waals surface area contributed by atoms with Gasteiger partial charge in [0.25, 0.3) is 0 Å². The summed E-state index contributed by atoms with van der Waals surface area (Å²) in [5.41, 5.74) is 0.721. The zero-order valence-corrected chi connectivity index (χ0v) is 32.8. The molecule has 2 saturated heterocycles. The fraction of sp³-hybridized carbons (Fsp3) is 0.684. The number of carbonyl (C=O) groups excluding carboxylic acids is 4. The van der Waals surface area contributed by atoms with Crippen LogP contribution in [0.15, 0.2) is 36.4 Å². The van der Waals surface area contributed by atoms with Crippen LogP contribution in [0, 0.1) is 5.92 Å². The Morgan fingerprint density at radius 3 is 2.38 bits per heavy atom. The molecule has 0 unspecified atom stereocenters. The Morgan fingerprint density at radius 2 is 1.68 bits per heavy atom. The van der Waals surface area contributed by atoms with E-state index >= 15 is 0 Å². The molecule has 3 aliphatic heterocycles. The van der Waals surface area contributed by atoms with E-state index in [2.05, 4.69) is 20.9 Å². The second-order valence-corrected chi connectivity index (χ2v) is 17.6. The first-order valence-corrected chi connectivity index (χ1v) is 20.8. The maximum atomic E-state index is 14.4. The molecule has 14 nitrogen and oxygen atoms in total. The summed E-state index contributed by atoms with van der Waals surface area (Å²) in [7, 11) is -3.86. The molecule has 0 bridgehead atoms. The number of para-hydroxylation sites is 2. The van der Waals surface area contributed by atoms with Crippen LogP contribution in [0.25, 0.3) is 0 Å². The molecule has 1 aromatic rings. The third-order valence-electron chi connectivity index (χ3n) is 10.1. The fourth-order valence-corrected chi connectivity index (χ4v) is 9.92. The minimum Gasteiger partial charge on any atom is -0.444 e. The number of amides is 4. The van der Waals surface area contributed by atoms with Crippen LogP contribution in [-0.4, -0.2) is 90.8 Å². The standard InChI is InChI=1S/C38H58N5O9P/c1-6-49-53(48,50-7-2)38-25-27(38)18-12-9-8-10-13-20-30(40-36(47)52-37(3,4)5)34(45)43-26-28(24-32(43)33(44)41-38)51-35(46)39-29-19-14-15-21-31(29)42-22-16-11-17-23-42/h12,14-15,18-19,21,27-28,30,32H,6-11,13,16-17,20,22-26H2,1-5H3,(H,39,46)(H,40,47)(H,41,44)/b18-12-/t27-,28-,30+,32+,38+/m1/s1. The maximum absolute atomic E-state index is 14.4. The molecule has 294 valence electrons. The van der Waals surface area contributed by atoms with Gasteiger partial charge in [0.05, 0.1) is 31.1 Å². The van der Waals surface area contributed by atoms with E-state index in [0.29, 0.717) is 24.9 Å². The lowest BCUT2D eigenvalue weighted by molar-refractivity contribution is -0.140. The molecule has 1 aliphatic carbocycles. The molecule has 0 radical (unpaired) electrons. The number of nitrogens with zero attached hydrogens (tertiary/aromatic N) is 2. The summed E-state index contributed by atoms with van der Waals surface area (Å²) < 4.78 is 37.3. The van der Waals surface area contributed by atoms with Gasteiger partial charge in [-0.15, -0.1) is 0 Å². The summed E-state index contributed by atoms with van der Waals surface area (Å²) in [6.07, 6.45) is 8.67. The number of alkyl carbamates (subject to hydrolysis) is 1. The average molecular weight is 760 g/mol. The van der Waals surface area contributed by atoms with Crippen LogP contribution >= 0.6 is 7.60 Å². The first-order valence-electron chi connectivity index (χ1n) is 19.3. The highest BCUT2D eigenvalue weighted by Gasteiger charge is 2.68. The molecule has 1 aromatic carbocycles. The van der Waals surface area contributed by atoms with Crippen molar-refractivity contribution < 1.29 is 42.3 Å². The Morgan fingerprint density at radius 1 is 0.981 bits per heavy atom. The van der Waals surface area contributed by atoms with Crippen molar-refractivity contribution in [3.05, 3.63) is 36.4 Å². The second kappa shape index (κ2) is 17.7. The Hall–Kier alpha value is -3.61. The number of fused-ring (bicyclic) bond motifs is 2.